The third-order valence-electron chi connectivity index (χ3n) is 2.85. The average Bonchev–Trinajstić information content (AvgIpc) is 2.82. The van der Waals surface area contributed by atoms with E-state index in [2.05, 4.69) is 39.1 Å². The molecule has 2 rings (SSSR count). The molecule has 7 heteroatoms. The van der Waals surface area contributed by atoms with Crippen LogP contribution in [0.1, 0.15) is 13.8 Å². The lowest BCUT2D eigenvalue weighted by Gasteiger charge is -2.18. The number of nitrogens with one attached hydrogen (secondary N) is 1. The van der Waals surface area contributed by atoms with Crippen molar-refractivity contribution in [2.75, 3.05) is 31.5 Å². The van der Waals surface area contributed by atoms with Gasteiger partial charge >= 0.3 is 0 Å². The fraction of sp³-hybridized carbons (Fsp3) is 0.545. The van der Waals surface area contributed by atoms with Crippen LogP contribution in [0.15, 0.2) is 12.4 Å². The lowest BCUT2D eigenvalue weighted by molar-refractivity contribution is 0.316. The fourth-order valence-corrected chi connectivity index (χ4v) is 1.97. The number of aromatic nitrogens is 4. The molecule has 0 atom stereocenters. The van der Waals surface area contributed by atoms with E-state index in [1.54, 1.807) is 10.6 Å². The molecule has 0 fully saturated rings. The Bertz CT molecular complexity index is 507. The maximum absolute atomic E-state index is 5.93. The summed E-state index contributed by atoms with van der Waals surface area (Å²) in [6, 6.07) is 1.76. The second kappa shape index (κ2) is 5.97. The van der Waals surface area contributed by atoms with Crippen LogP contribution in [0.4, 0.5) is 5.82 Å². The molecule has 98 valence electrons. The van der Waals surface area contributed by atoms with Gasteiger partial charge < -0.3 is 10.2 Å². The van der Waals surface area contributed by atoms with Crippen LogP contribution in [0.2, 0.25) is 5.15 Å². The Morgan fingerprint density at radius 2 is 2.17 bits per heavy atom. The molecule has 0 aromatic carbocycles. The monoisotopic (exact) mass is 268 g/mol. The number of fused-ring (bicyclic) bond motifs is 1. The summed E-state index contributed by atoms with van der Waals surface area (Å²) in [5, 5.41) is 7.83. The summed E-state index contributed by atoms with van der Waals surface area (Å²) in [6.45, 7) is 8.22. The number of anilines is 1. The van der Waals surface area contributed by atoms with Crippen molar-refractivity contribution in [3.63, 3.8) is 0 Å². The van der Waals surface area contributed by atoms with Gasteiger partial charge in [0.2, 0.25) is 0 Å². The third kappa shape index (κ3) is 2.88. The maximum Gasteiger partial charge on any atom is 0.255 e. The van der Waals surface area contributed by atoms with Crippen LogP contribution in [0.5, 0.6) is 0 Å². The van der Waals surface area contributed by atoms with Crippen molar-refractivity contribution >= 4 is 23.2 Å². The van der Waals surface area contributed by atoms with Gasteiger partial charge in [0.1, 0.15) is 17.3 Å². The smallest absolute Gasteiger partial charge is 0.255 e. The zero-order valence-corrected chi connectivity index (χ0v) is 11.4. The van der Waals surface area contributed by atoms with Crippen molar-refractivity contribution in [3.8, 4) is 0 Å². The molecule has 0 unspecified atom stereocenters. The van der Waals surface area contributed by atoms with Crippen molar-refractivity contribution in [1.82, 2.24) is 24.5 Å². The molecular formula is C11H17ClN6. The van der Waals surface area contributed by atoms with Crippen molar-refractivity contribution in [3.05, 3.63) is 17.5 Å². The van der Waals surface area contributed by atoms with E-state index in [0.29, 0.717) is 10.9 Å². The highest BCUT2D eigenvalue weighted by Gasteiger charge is 2.06. The zero-order chi connectivity index (χ0) is 13.0. The Kier molecular flexibility index (Phi) is 4.33. The molecule has 18 heavy (non-hydrogen) atoms. The predicted molar refractivity (Wildman–Crippen MR) is 72.1 cm³/mol. The van der Waals surface area contributed by atoms with Gasteiger partial charge in [-0.2, -0.15) is 19.6 Å². The number of likely N-dealkylation sites (N-methyl/N-ethyl adjacent to an activating group) is 1. The molecule has 0 amide bonds. The molecule has 2 aromatic heterocycles. The minimum Gasteiger partial charge on any atom is -0.369 e. The molecule has 0 radical (unpaired) electrons. The molecule has 0 saturated carbocycles. The van der Waals surface area contributed by atoms with Gasteiger partial charge in [0.15, 0.2) is 0 Å². The number of hydrogen-bond acceptors (Lipinski definition) is 5. The van der Waals surface area contributed by atoms with Crippen molar-refractivity contribution in [2.45, 2.75) is 13.8 Å². The van der Waals surface area contributed by atoms with Crippen molar-refractivity contribution < 1.29 is 0 Å². The van der Waals surface area contributed by atoms with Crippen LogP contribution in [-0.2, 0) is 0 Å². The van der Waals surface area contributed by atoms with Gasteiger partial charge in [-0.15, -0.1) is 0 Å². The molecule has 6 nitrogen and oxygen atoms in total. The molecule has 1 N–H and O–H groups in total. The summed E-state index contributed by atoms with van der Waals surface area (Å²) in [4.78, 5) is 10.4. The van der Waals surface area contributed by atoms with Gasteiger partial charge in [0.05, 0.1) is 0 Å². The summed E-state index contributed by atoms with van der Waals surface area (Å²) in [6.07, 6.45) is 1.47. The van der Waals surface area contributed by atoms with E-state index in [-0.39, 0.29) is 0 Å². The second-order valence-electron chi connectivity index (χ2n) is 3.89. The van der Waals surface area contributed by atoms with E-state index in [1.165, 1.54) is 6.33 Å². The van der Waals surface area contributed by atoms with E-state index < -0.39 is 0 Å². The van der Waals surface area contributed by atoms with E-state index in [0.717, 1.165) is 32.0 Å². The molecule has 0 aliphatic carbocycles. The Labute approximate surface area is 111 Å². The van der Waals surface area contributed by atoms with Crippen LogP contribution in [0, 0.1) is 0 Å². The molecule has 0 bridgehead atoms. The summed E-state index contributed by atoms with van der Waals surface area (Å²) in [7, 11) is 0. The first kappa shape index (κ1) is 13.0. The highest BCUT2D eigenvalue weighted by Crippen LogP contribution is 2.13. The Morgan fingerprint density at radius 1 is 1.39 bits per heavy atom. The maximum atomic E-state index is 5.93. The van der Waals surface area contributed by atoms with Crippen LogP contribution in [-0.4, -0.2) is 50.7 Å². The van der Waals surface area contributed by atoms with E-state index in [4.69, 9.17) is 11.6 Å². The van der Waals surface area contributed by atoms with E-state index in [9.17, 15) is 0 Å². The average molecular weight is 269 g/mol. The van der Waals surface area contributed by atoms with Gasteiger partial charge in [-0.3, -0.25) is 0 Å². The van der Waals surface area contributed by atoms with Crippen LogP contribution in [0.25, 0.3) is 5.78 Å². The predicted octanol–water partition coefficient (Wildman–Crippen LogP) is 1.53. The SMILES string of the molecule is CCN(CC)CCNc1cc(Cl)nc2ncnn12. The molecule has 2 heterocycles. The van der Waals surface area contributed by atoms with E-state index >= 15 is 0 Å². The first-order valence-corrected chi connectivity index (χ1v) is 6.45. The normalized spacial score (nSPS) is 11.3. The van der Waals surface area contributed by atoms with Crippen LogP contribution >= 0.6 is 11.6 Å². The molecule has 0 saturated heterocycles. The van der Waals surface area contributed by atoms with Gasteiger partial charge in [-0.25, -0.2) is 0 Å². The van der Waals surface area contributed by atoms with Crippen molar-refractivity contribution in [2.24, 2.45) is 0 Å². The Morgan fingerprint density at radius 3 is 2.89 bits per heavy atom. The first-order chi connectivity index (χ1) is 8.74. The number of nitrogens with zero attached hydrogens (tertiary/aromatic N) is 5. The van der Waals surface area contributed by atoms with Crippen LogP contribution in [0.3, 0.4) is 0 Å². The number of rotatable bonds is 6. The summed E-state index contributed by atoms with van der Waals surface area (Å²) in [5.74, 6) is 1.32. The zero-order valence-electron chi connectivity index (χ0n) is 10.6. The van der Waals surface area contributed by atoms with Crippen LogP contribution < -0.4 is 5.32 Å². The Hall–Kier alpha value is -1.40. The standard InChI is InChI=1S/C11H17ClN6/c1-3-17(4-2)6-5-13-10-7-9(12)16-11-14-8-15-18(10)11/h7-8,13H,3-6H2,1-2H3. The van der Waals surface area contributed by atoms with Crippen molar-refractivity contribution in [1.29, 1.82) is 0 Å². The lowest BCUT2D eigenvalue weighted by atomic mass is 10.4. The summed E-state index contributed by atoms with van der Waals surface area (Å²) >= 11 is 5.93. The third-order valence-corrected chi connectivity index (χ3v) is 3.04. The fourth-order valence-electron chi connectivity index (χ4n) is 1.79. The van der Waals surface area contributed by atoms with Gasteiger partial charge in [0, 0.05) is 19.2 Å². The lowest BCUT2D eigenvalue weighted by Crippen LogP contribution is -2.29. The molecule has 0 aliphatic rings. The second-order valence-corrected chi connectivity index (χ2v) is 4.28. The summed E-state index contributed by atoms with van der Waals surface area (Å²) in [5.41, 5.74) is 0. The van der Waals surface area contributed by atoms with E-state index in [1.807, 2.05) is 0 Å². The van der Waals surface area contributed by atoms with Gasteiger partial charge in [0.25, 0.3) is 5.78 Å². The summed E-state index contributed by atoms with van der Waals surface area (Å²) < 4.78 is 1.65. The molecule has 0 spiro atoms. The minimum absolute atomic E-state index is 0.417. The highest BCUT2D eigenvalue weighted by molar-refractivity contribution is 6.29. The first-order valence-electron chi connectivity index (χ1n) is 6.07. The van der Waals surface area contributed by atoms with Gasteiger partial charge in [-0.1, -0.05) is 25.4 Å². The largest absolute Gasteiger partial charge is 0.369 e. The minimum atomic E-state index is 0.417. The number of hydrogen-bond donors (Lipinski definition) is 1. The highest BCUT2D eigenvalue weighted by atomic mass is 35.5. The topological polar surface area (TPSA) is 58.3 Å². The Balaban J connectivity index is 2.05. The molecular weight excluding hydrogens is 252 g/mol. The quantitative estimate of drug-likeness (QED) is 0.805. The molecule has 2 aromatic rings. The molecule has 0 aliphatic heterocycles. The van der Waals surface area contributed by atoms with Gasteiger partial charge in [-0.05, 0) is 13.1 Å². The number of halogens is 1.